The van der Waals surface area contributed by atoms with E-state index < -0.39 is 0 Å². The summed E-state index contributed by atoms with van der Waals surface area (Å²) < 4.78 is 7.16. The average Bonchev–Trinajstić information content (AvgIpc) is 3.52. The van der Waals surface area contributed by atoms with E-state index in [1.807, 2.05) is 72.2 Å². The van der Waals surface area contributed by atoms with E-state index >= 15 is 0 Å². The lowest BCUT2D eigenvalue weighted by molar-refractivity contribution is -0.134. The zero-order chi connectivity index (χ0) is 36.0. The Morgan fingerprint density at radius 1 is 0.804 bits per heavy atom. The fourth-order valence-electron chi connectivity index (χ4n) is 6.95. The molecule has 0 aliphatic heterocycles. The Morgan fingerprint density at radius 3 is 2.29 bits per heavy atom. The van der Waals surface area contributed by atoms with Crippen molar-refractivity contribution in [2.75, 3.05) is 18.0 Å². The molecule has 9 nitrogen and oxygen atoms in total. The number of aromatic nitrogens is 1. The van der Waals surface area contributed by atoms with Gasteiger partial charge in [-0.2, -0.15) is 0 Å². The van der Waals surface area contributed by atoms with Gasteiger partial charge in [-0.25, -0.2) is 0 Å². The molecule has 270 valence electrons. The summed E-state index contributed by atoms with van der Waals surface area (Å²) in [6, 6.07) is 26.8. The van der Waals surface area contributed by atoms with Gasteiger partial charge in [0.25, 0.3) is 5.91 Å². The lowest BCUT2D eigenvalue weighted by atomic mass is 9.85. The van der Waals surface area contributed by atoms with E-state index in [1.54, 1.807) is 17.0 Å². The van der Waals surface area contributed by atoms with Crippen LogP contribution in [0, 0.1) is 5.92 Å². The molecule has 0 radical (unpaired) electrons. The van der Waals surface area contributed by atoms with Crippen LogP contribution in [0.4, 0.5) is 5.69 Å². The van der Waals surface area contributed by atoms with Crippen molar-refractivity contribution in [2.45, 2.75) is 97.1 Å². The van der Waals surface area contributed by atoms with Gasteiger partial charge in [-0.15, -0.1) is 0 Å². The Bertz CT molecular complexity index is 1760. The molecule has 3 aromatic carbocycles. The van der Waals surface area contributed by atoms with E-state index in [0.717, 1.165) is 80.8 Å². The summed E-state index contributed by atoms with van der Waals surface area (Å²) >= 11 is 0. The summed E-state index contributed by atoms with van der Waals surface area (Å²) in [6.45, 7) is 5.29. The molecule has 2 N–H and O–H groups in total. The molecule has 0 spiro atoms. The predicted molar refractivity (Wildman–Crippen MR) is 202 cm³/mol. The molecule has 5 rings (SSSR count). The first-order chi connectivity index (χ1) is 24.9. The van der Waals surface area contributed by atoms with Gasteiger partial charge in [-0.05, 0) is 93.8 Å². The third kappa shape index (κ3) is 10.5. The summed E-state index contributed by atoms with van der Waals surface area (Å²) in [5.41, 5.74) is 3.34. The molecule has 1 fully saturated rings. The van der Waals surface area contributed by atoms with Crippen LogP contribution in [-0.4, -0.2) is 47.4 Å². The maximum atomic E-state index is 13.7. The van der Waals surface area contributed by atoms with Crippen LogP contribution in [-0.2, 0) is 27.3 Å². The Morgan fingerprint density at radius 2 is 1.53 bits per heavy atom. The second kappa shape index (κ2) is 18.9. The van der Waals surface area contributed by atoms with E-state index in [9.17, 15) is 19.2 Å². The minimum Gasteiger partial charge on any atom is -0.427 e. The average molecular weight is 693 g/mol. The van der Waals surface area contributed by atoms with Gasteiger partial charge in [-0.1, -0.05) is 74.7 Å². The van der Waals surface area contributed by atoms with Crippen LogP contribution in [0.25, 0.3) is 10.9 Å². The number of nitrogens with one attached hydrogen (secondary N) is 2. The van der Waals surface area contributed by atoms with E-state index in [0.29, 0.717) is 31.0 Å². The number of ether oxygens (including phenoxy) is 1. The molecule has 9 heteroatoms. The van der Waals surface area contributed by atoms with Gasteiger partial charge in [0.2, 0.25) is 11.8 Å². The number of hydrogen-bond donors (Lipinski definition) is 2. The van der Waals surface area contributed by atoms with Gasteiger partial charge >= 0.3 is 5.97 Å². The summed E-state index contributed by atoms with van der Waals surface area (Å²) in [7, 11) is 0. The molecule has 1 aliphatic carbocycles. The second-order valence-electron chi connectivity index (χ2n) is 13.5. The monoisotopic (exact) mass is 692 g/mol. The summed E-state index contributed by atoms with van der Waals surface area (Å²) in [5, 5.41) is 7.22. The third-order valence-electron chi connectivity index (χ3n) is 9.85. The highest BCUT2D eigenvalue weighted by molar-refractivity contribution is 6.01. The van der Waals surface area contributed by atoms with Gasteiger partial charge in [0.15, 0.2) is 0 Å². The van der Waals surface area contributed by atoms with Gasteiger partial charge in [0.05, 0.1) is 0 Å². The van der Waals surface area contributed by atoms with Crippen LogP contribution < -0.4 is 20.3 Å². The first kappa shape index (κ1) is 37.3. The standard InChI is InChI=1S/C42H52N4O5/c1-3-31-16-15-18-35(28-31)45(4-2)39(47)30-46-37-21-13-12-17-33(37)29-38(46)42(50)44-34-25-23-32(24-26-34)41(49)43-27-14-7-5-6-11-22-40(48)51-36-19-9-8-10-20-36/h8-10,12-13,15-21,28-29,32,34H,3-7,11,14,22-27,30H2,1-2H3,(H,43,49)(H,44,50)/t32-,34-. The van der Waals surface area contributed by atoms with Crippen molar-refractivity contribution in [1.29, 1.82) is 0 Å². The zero-order valence-electron chi connectivity index (χ0n) is 30.1. The molecule has 0 unspecified atom stereocenters. The number of esters is 1. The molecule has 1 heterocycles. The van der Waals surface area contributed by atoms with E-state index in [-0.39, 0.29) is 42.2 Å². The lowest BCUT2D eigenvalue weighted by Crippen LogP contribution is -2.42. The van der Waals surface area contributed by atoms with Crippen LogP contribution in [0.5, 0.6) is 5.75 Å². The number of carbonyl (C=O) groups excluding carboxylic acids is 4. The number of fused-ring (bicyclic) bond motifs is 1. The number of rotatable bonds is 17. The normalized spacial score (nSPS) is 15.6. The highest BCUT2D eigenvalue weighted by Crippen LogP contribution is 2.26. The number of para-hydroxylation sites is 2. The number of likely N-dealkylation sites (N-methyl/N-ethyl adjacent to an activating group) is 1. The van der Waals surface area contributed by atoms with Crippen molar-refractivity contribution < 1.29 is 23.9 Å². The van der Waals surface area contributed by atoms with Crippen molar-refractivity contribution in [1.82, 2.24) is 15.2 Å². The fraction of sp³-hybridized carbons (Fsp3) is 0.429. The highest BCUT2D eigenvalue weighted by Gasteiger charge is 2.28. The number of carbonyl (C=O) groups is 4. The number of amides is 3. The van der Waals surface area contributed by atoms with Crippen LogP contribution in [0.3, 0.4) is 0 Å². The van der Waals surface area contributed by atoms with Crippen molar-refractivity contribution in [3.05, 3.63) is 96.2 Å². The molecule has 4 aromatic rings. The first-order valence-corrected chi connectivity index (χ1v) is 18.7. The minimum absolute atomic E-state index is 0.0300. The maximum Gasteiger partial charge on any atom is 0.311 e. The van der Waals surface area contributed by atoms with E-state index in [1.165, 1.54) is 5.56 Å². The molecule has 1 aromatic heterocycles. The molecule has 0 atom stereocenters. The Hall–Kier alpha value is -4.92. The second-order valence-corrected chi connectivity index (χ2v) is 13.5. The quantitative estimate of drug-likeness (QED) is 0.0673. The third-order valence-corrected chi connectivity index (χ3v) is 9.85. The van der Waals surface area contributed by atoms with Crippen LogP contribution in [0.1, 0.15) is 94.1 Å². The molecule has 0 saturated heterocycles. The summed E-state index contributed by atoms with van der Waals surface area (Å²) in [6.07, 6.45) is 8.86. The van der Waals surface area contributed by atoms with Crippen LogP contribution >= 0.6 is 0 Å². The number of benzene rings is 3. The maximum absolute atomic E-state index is 13.7. The van der Waals surface area contributed by atoms with Crippen molar-refractivity contribution in [2.24, 2.45) is 5.92 Å². The number of unbranched alkanes of at least 4 members (excludes halogenated alkanes) is 4. The number of anilines is 1. The summed E-state index contributed by atoms with van der Waals surface area (Å²) in [5.74, 6) is 0.140. The molecular weight excluding hydrogens is 640 g/mol. The van der Waals surface area contributed by atoms with Gasteiger partial charge in [0.1, 0.15) is 18.0 Å². The molecular formula is C42H52N4O5. The fourth-order valence-corrected chi connectivity index (χ4v) is 6.95. The zero-order valence-corrected chi connectivity index (χ0v) is 30.1. The van der Waals surface area contributed by atoms with Crippen LogP contribution in [0.15, 0.2) is 84.9 Å². The van der Waals surface area contributed by atoms with Crippen molar-refractivity contribution in [3.63, 3.8) is 0 Å². The Balaban J connectivity index is 1.04. The van der Waals surface area contributed by atoms with Gasteiger partial charge in [-0.3, -0.25) is 19.2 Å². The topological polar surface area (TPSA) is 110 Å². The van der Waals surface area contributed by atoms with E-state index in [4.69, 9.17) is 4.74 Å². The largest absolute Gasteiger partial charge is 0.427 e. The van der Waals surface area contributed by atoms with E-state index in [2.05, 4.69) is 29.7 Å². The molecule has 1 aliphatic rings. The Kier molecular flexibility index (Phi) is 13.8. The number of aryl methyl sites for hydroxylation is 1. The Labute approximate surface area is 301 Å². The lowest BCUT2D eigenvalue weighted by Gasteiger charge is -2.28. The molecule has 3 amide bonds. The molecule has 1 saturated carbocycles. The highest BCUT2D eigenvalue weighted by atomic mass is 16.5. The number of hydrogen-bond acceptors (Lipinski definition) is 5. The SMILES string of the molecule is CCc1cccc(N(CC)C(=O)Cn2c(C(=O)N[C@H]3CC[C@H](C(=O)NCCCCCCCC(=O)Oc4ccccc4)CC3)cc3ccccc32)c1. The predicted octanol–water partition coefficient (Wildman–Crippen LogP) is 7.61. The number of nitrogens with zero attached hydrogens (tertiary/aromatic N) is 2. The smallest absolute Gasteiger partial charge is 0.311 e. The van der Waals surface area contributed by atoms with Crippen molar-refractivity contribution in [3.8, 4) is 5.75 Å². The van der Waals surface area contributed by atoms with Crippen LogP contribution in [0.2, 0.25) is 0 Å². The van der Waals surface area contributed by atoms with Gasteiger partial charge < -0.3 is 24.8 Å². The molecule has 51 heavy (non-hydrogen) atoms. The summed E-state index contributed by atoms with van der Waals surface area (Å²) in [4.78, 5) is 54.0. The van der Waals surface area contributed by atoms with Gasteiger partial charge in [0, 0.05) is 48.1 Å². The minimum atomic E-state index is -0.203. The first-order valence-electron chi connectivity index (χ1n) is 18.7. The molecule has 0 bridgehead atoms. The van der Waals surface area contributed by atoms with Crippen molar-refractivity contribution >= 4 is 40.3 Å².